The number of ether oxygens (including phenoxy) is 2. The summed E-state index contributed by atoms with van der Waals surface area (Å²) in [7, 11) is 0. The van der Waals surface area contributed by atoms with Gasteiger partial charge >= 0.3 is 0 Å². The summed E-state index contributed by atoms with van der Waals surface area (Å²) in [6.45, 7) is 1.64. The molecule has 2 aromatic rings. The van der Waals surface area contributed by atoms with E-state index in [9.17, 15) is 4.79 Å². The molecule has 0 atom stereocenters. The van der Waals surface area contributed by atoms with Gasteiger partial charge in [0, 0.05) is 6.54 Å². The first-order valence-electron chi connectivity index (χ1n) is 6.64. The van der Waals surface area contributed by atoms with Gasteiger partial charge in [0.15, 0.2) is 22.5 Å². The Morgan fingerprint density at radius 2 is 1.95 bits per heavy atom. The number of hydrogen-bond donors (Lipinski definition) is 1. The number of rotatable bonds is 4. The topological polar surface area (TPSA) is 60.7 Å². The zero-order valence-electron chi connectivity index (χ0n) is 11.2. The number of fused-ring (bicyclic) bond motifs is 1. The fraction of sp³-hybridized carbons (Fsp3) is 0.267. The lowest BCUT2D eigenvalue weighted by Crippen LogP contribution is -2.25. The van der Waals surface area contributed by atoms with E-state index in [4.69, 9.17) is 25.5 Å². The first-order chi connectivity index (χ1) is 10.2. The highest BCUT2D eigenvalue weighted by atomic mass is 35.5. The van der Waals surface area contributed by atoms with Crippen LogP contribution in [0.2, 0.25) is 5.22 Å². The van der Waals surface area contributed by atoms with Crippen molar-refractivity contribution < 1.29 is 18.7 Å². The lowest BCUT2D eigenvalue weighted by molar-refractivity contribution is 0.0926. The average molecular weight is 308 g/mol. The molecule has 1 aliphatic heterocycles. The van der Waals surface area contributed by atoms with Crippen molar-refractivity contribution in [3.05, 3.63) is 46.9 Å². The molecule has 0 spiro atoms. The zero-order valence-corrected chi connectivity index (χ0v) is 12.0. The average Bonchev–Trinajstić information content (AvgIpc) is 2.94. The summed E-state index contributed by atoms with van der Waals surface area (Å²) in [6.07, 6.45) is 0.691. The minimum absolute atomic E-state index is 0.201. The standard InChI is InChI=1S/C15H14ClNO4/c16-14-4-3-12(21-14)15(18)17-6-5-10-1-2-11-13(9-10)20-8-7-19-11/h1-4,9H,5-8H2,(H,17,18). The number of benzene rings is 1. The third-order valence-electron chi connectivity index (χ3n) is 3.10. The Labute approximate surface area is 126 Å². The van der Waals surface area contributed by atoms with E-state index < -0.39 is 0 Å². The summed E-state index contributed by atoms with van der Waals surface area (Å²) in [5.74, 6) is 1.45. The van der Waals surface area contributed by atoms with Crippen LogP contribution in [0, 0.1) is 0 Å². The van der Waals surface area contributed by atoms with Crippen molar-refractivity contribution in [3.8, 4) is 11.5 Å². The van der Waals surface area contributed by atoms with Gasteiger partial charge in [0.2, 0.25) is 0 Å². The van der Waals surface area contributed by atoms with Gasteiger partial charge in [-0.3, -0.25) is 4.79 Å². The van der Waals surface area contributed by atoms with Crippen LogP contribution in [-0.4, -0.2) is 25.7 Å². The van der Waals surface area contributed by atoms with E-state index in [0.717, 1.165) is 17.1 Å². The Morgan fingerprint density at radius 1 is 1.14 bits per heavy atom. The van der Waals surface area contributed by atoms with Gasteiger partial charge in [-0.05, 0) is 47.9 Å². The van der Waals surface area contributed by atoms with Crippen molar-refractivity contribution in [1.82, 2.24) is 5.32 Å². The molecular formula is C15H14ClNO4. The normalized spacial score (nSPS) is 13.0. The predicted octanol–water partition coefficient (Wildman–Crippen LogP) is 2.68. The van der Waals surface area contributed by atoms with E-state index in [1.807, 2.05) is 18.2 Å². The Hall–Kier alpha value is -2.14. The maximum atomic E-state index is 11.8. The maximum absolute atomic E-state index is 11.8. The Balaban J connectivity index is 1.54. The van der Waals surface area contributed by atoms with Crippen molar-refractivity contribution in [2.75, 3.05) is 19.8 Å². The molecule has 0 unspecified atom stereocenters. The molecular weight excluding hydrogens is 294 g/mol. The van der Waals surface area contributed by atoms with Crippen LogP contribution < -0.4 is 14.8 Å². The Bertz CT molecular complexity index is 653. The third-order valence-corrected chi connectivity index (χ3v) is 3.31. The number of furan rings is 1. The molecule has 0 aliphatic carbocycles. The lowest BCUT2D eigenvalue weighted by atomic mass is 10.1. The molecule has 0 saturated heterocycles. The highest BCUT2D eigenvalue weighted by molar-refractivity contribution is 6.29. The molecule has 0 fully saturated rings. The first-order valence-corrected chi connectivity index (χ1v) is 7.02. The number of hydrogen-bond acceptors (Lipinski definition) is 4. The van der Waals surface area contributed by atoms with Crippen LogP contribution in [0.25, 0.3) is 0 Å². The summed E-state index contributed by atoms with van der Waals surface area (Å²) >= 11 is 5.63. The van der Waals surface area contributed by atoms with Gasteiger partial charge in [0.1, 0.15) is 13.2 Å². The fourth-order valence-corrected chi connectivity index (χ4v) is 2.23. The van der Waals surface area contributed by atoms with E-state index in [-0.39, 0.29) is 16.9 Å². The highest BCUT2D eigenvalue weighted by Gasteiger charge is 2.12. The minimum Gasteiger partial charge on any atom is -0.486 e. The second-order valence-corrected chi connectivity index (χ2v) is 4.96. The van der Waals surface area contributed by atoms with E-state index in [0.29, 0.717) is 26.2 Å². The lowest BCUT2D eigenvalue weighted by Gasteiger charge is -2.18. The molecule has 0 radical (unpaired) electrons. The van der Waals surface area contributed by atoms with Crippen LogP contribution in [0.4, 0.5) is 0 Å². The molecule has 1 aromatic carbocycles. The molecule has 1 N–H and O–H groups in total. The maximum Gasteiger partial charge on any atom is 0.287 e. The van der Waals surface area contributed by atoms with Crippen LogP contribution in [-0.2, 0) is 6.42 Å². The van der Waals surface area contributed by atoms with Crippen LogP contribution in [0.15, 0.2) is 34.7 Å². The Kier molecular flexibility index (Phi) is 4.01. The monoisotopic (exact) mass is 307 g/mol. The number of amides is 1. The van der Waals surface area contributed by atoms with Crippen LogP contribution >= 0.6 is 11.6 Å². The summed E-state index contributed by atoms with van der Waals surface area (Å²) < 4.78 is 16.0. The molecule has 2 heterocycles. The van der Waals surface area contributed by atoms with Crippen molar-refractivity contribution >= 4 is 17.5 Å². The van der Waals surface area contributed by atoms with Crippen molar-refractivity contribution in [2.45, 2.75) is 6.42 Å². The second kappa shape index (κ2) is 6.10. The van der Waals surface area contributed by atoms with E-state index in [1.54, 1.807) is 6.07 Å². The van der Waals surface area contributed by atoms with Crippen LogP contribution in [0.5, 0.6) is 11.5 Å². The van der Waals surface area contributed by atoms with Gasteiger partial charge in [0.05, 0.1) is 0 Å². The number of carbonyl (C=O) groups is 1. The van der Waals surface area contributed by atoms with Crippen molar-refractivity contribution in [3.63, 3.8) is 0 Å². The quantitative estimate of drug-likeness (QED) is 0.943. The molecule has 0 bridgehead atoms. The van der Waals surface area contributed by atoms with Crippen molar-refractivity contribution in [1.29, 1.82) is 0 Å². The van der Waals surface area contributed by atoms with E-state index >= 15 is 0 Å². The van der Waals surface area contributed by atoms with Gasteiger partial charge in [-0.1, -0.05) is 6.07 Å². The minimum atomic E-state index is -0.278. The van der Waals surface area contributed by atoms with Crippen LogP contribution in [0.3, 0.4) is 0 Å². The molecule has 3 rings (SSSR count). The highest BCUT2D eigenvalue weighted by Crippen LogP contribution is 2.30. The smallest absolute Gasteiger partial charge is 0.287 e. The van der Waals surface area contributed by atoms with Gasteiger partial charge in [-0.2, -0.15) is 0 Å². The molecule has 21 heavy (non-hydrogen) atoms. The van der Waals surface area contributed by atoms with Gasteiger partial charge in [-0.15, -0.1) is 0 Å². The number of carbonyl (C=O) groups excluding carboxylic acids is 1. The number of nitrogens with one attached hydrogen (secondary N) is 1. The summed E-state index contributed by atoms with van der Waals surface area (Å²) in [5, 5.41) is 2.98. The summed E-state index contributed by atoms with van der Waals surface area (Å²) in [5.41, 5.74) is 1.07. The molecule has 1 aliphatic rings. The van der Waals surface area contributed by atoms with Gasteiger partial charge in [0.25, 0.3) is 5.91 Å². The predicted molar refractivity (Wildman–Crippen MR) is 77.2 cm³/mol. The van der Waals surface area contributed by atoms with E-state index in [1.165, 1.54) is 6.07 Å². The van der Waals surface area contributed by atoms with Crippen LogP contribution in [0.1, 0.15) is 16.1 Å². The van der Waals surface area contributed by atoms with Gasteiger partial charge < -0.3 is 19.2 Å². The second-order valence-electron chi connectivity index (χ2n) is 4.59. The largest absolute Gasteiger partial charge is 0.486 e. The fourth-order valence-electron chi connectivity index (χ4n) is 2.09. The zero-order chi connectivity index (χ0) is 14.7. The van der Waals surface area contributed by atoms with Gasteiger partial charge in [-0.25, -0.2) is 0 Å². The molecule has 6 heteroatoms. The molecule has 1 aromatic heterocycles. The molecule has 1 amide bonds. The SMILES string of the molecule is O=C(NCCc1ccc2c(c1)OCCO2)c1ccc(Cl)o1. The van der Waals surface area contributed by atoms with E-state index in [2.05, 4.69) is 5.32 Å². The molecule has 5 nitrogen and oxygen atoms in total. The molecule has 110 valence electrons. The Morgan fingerprint density at radius 3 is 2.71 bits per heavy atom. The third kappa shape index (κ3) is 3.31. The summed E-state index contributed by atoms with van der Waals surface area (Å²) in [4.78, 5) is 11.8. The first kappa shape index (κ1) is 13.8. The number of halogens is 1. The molecule has 0 saturated carbocycles. The summed E-state index contributed by atoms with van der Waals surface area (Å²) in [6, 6.07) is 8.87. The van der Waals surface area contributed by atoms with Crippen molar-refractivity contribution in [2.24, 2.45) is 0 Å².